The summed E-state index contributed by atoms with van der Waals surface area (Å²) in [5.41, 5.74) is 1.22. The number of nitrogens with zero attached hydrogens (tertiary/aromatic N) is 3. The maximum absolute atomic E-state index is 4.33. The van der Waals surface area contributed by atoms with Crippen molar-refractivity contribution in [3.63, 3.8) is 0 Å². The Balaban J connectivity index is 2.12. The van der Waals surface area contributed by atoms with Crippen LogP contribution < -0.4 is 5.32 Å². The van der Waals surface area contributed by atoms with E-state index < -0.39 is 0 Å². The van der Waals surface area contributed by atoms with Gasteiger partial charge in [-0.3, -0.25) is 5.10 Å². The quantitative estimate of drug-likeness (QED) is 0.866. The van der Waals surface area contributed by atoms with E-state index in [4.69, 9.17) is 0 Å². The van der Waals surface area contributed by atoms with E-state index in [1.807, 2.05) is 19.2 Å². The molecular weight excluding hydrogens is 246 g/mol. The van der Waals surface area contributed by atoms with Crippen molar-refractivity contribution in [2.75, 3.05) is 6.54 Å². The third-order valence-corrected chi connectivity index (χ3v) is 3.34. The maximum Gasteiger partial charge on any atom is 0.214 e. The second-order valence-corrected chi connectivity index (χ2v) is 5.00. The Hall–Kier alpha value is -1.40. The summed E-state index contributed by atoms with van der Waals surface area (Å²) in [6, 6.07) is 4.43. The van der Waals surface area contributed by atoms with Crippen LogP contribution in [0.2, 0.25) is 0 Å². The van der Waals surface area contributed by atoms with Crippen LogP contribution in [0.4, 0.5) is 0 Å². The number of hydrogen-bond donors (Lipinski definition) is 2. The highest BCUT2D eigenvalue weighted by Crippen LogP contribution is 2.24. The molecule has 0 aliphatic heterocycles. The van der Waals surface area contributed by atoms with Gasteiger partial charge in [0.25, 0.3) is 0 Å². The molecule has 0 spiro atoms. The first kappa shape index (κ1) is 13.0. The molecule has 0 aliphatic carbocycles. The molecule has 0 aromatic carbocycles. The Morgan fingerprint density at radius 2 is 2.33 bits per heavy atom. The largest absolute Gasteiger partial charge is 0.310 e. The van der Waals surface area contributed by atoms with Gasteiger partial charge in [-0.05, 0) is 49.9 Å². The van der Waals surface area contributed by atoms with Gasteiger partial charge in [-0.1, -0.05) is 6.92 Å². The molecule has 2 aromatic heterocycles. The van der Waals surface area contributed by atoms with Crippen molar-refractivity contribution < 1.29 is 0 Å². The zero-order valence-electron chi connectivity index (χ0n) is 10.8. The van der Waals surface area contributed by atoms with E-state index in [9.17, 15) is 0 Å². The average molecular weight is 263 g/mol. The minimum absolute atomic E-state index is 0.325. The fourth-order valence-corrected chi connectivity index (χ4v) is 2.40. The third-order valence-electron chi connectivity index (χ3n) is 2.54. The van der Waals surface area contributed by atoms with Gasteiger partial charge < -0.3 is 5.32 Å². The lowest BCUT2D eigenvalue weighted by Gasteiger charge is -2.12. The Morgan fingerprint density at radius 1 is 1.50 bits per heavy atom. The Kier molecular flexibility index (Phi) is 4.33. The number of rotatable bonds is 5. The van der Waals surface area contributed by atoms with Gasteiger partial charge in [0.1, 0.15) is 10.9 Å². The molecule has 1 atom stereocenters. The zero-order chi connectivity index (χ0) is 13.0. The number of nitrogens with one attached hydrogen (secondary N) is 2. The molecule has 2 rings (SSSR count). The number of aryl methyl sites for hydroxylation is 1. The number of hydrogen-bond acceptors (Lipinski definition) is 5. The molecule has 1 unspecified atom stereocenters. The molecule has 18 heavy (non-hydrogen) atoms. The number of H-pyrrole nitrogens is 1. The molecule has 0 saturated heterocycles. The van der Waals surface area contributed by atoms with E-state index in [-0.39, 0.29) is 0 Å². The second kappa shape index (κ2) is 5.97. The van der Waals surface area contributed by atoms with Gasteiger partial charge in [0.2, 0.25) is 5.16 Å². The summed E-state index contributed by atoms with van der Waals surface area (Å²) in [6.07, 6.45) is 1.82. The summed E-state index contributed by atoms with van der Waals surface area (Å²) >= 11 is 1.47. The van der Waals surface area contributed by atoms with Crippen LogP contribution >= 0.6 is 11.8 Å². The van der Waals surface area contributed by atoms with Crippen LogP contribution in [0.1, 0.15) is 31.3 Å². The molecule has 2 heterocycles. The first-order chi connectivity index (χ1) is 8.69. The summed E-state index contributed by atoms with van der Waals surface area (Å²) in [4.78, 5) is 8.59. The lowest BCUT2D eigenvalue weighted by molar-refractivity contribution is 0.596. The Bertz CT molecular complexity index is 511. The topological polar surface area (TPSA) is 66.5 Å². The number of aromatic nitrogens is 4. The van der Waals surface area contributed by atoms with Gasteiger partial charge in [0.05, 0.1) is 0 Å². The van der Waals surface area contributed by atoms with Crippen molar-refractivity contribution in [1.29, 1.82) is 0 Å². The minimum Gasteiger partial charge on any atom is -0.310 e. The predicted octanol–water partition coefficient (Wildman–Crippen LogP) is 2.33. The van der Waals surface area contributed by atoms with Crippen molar-refractivity contribution in [3.8, 4) is 0 Å². The van der Waals surface area contributed by atoms with Crippen molar-refractivity contribution in [1.82, 2.24) is 25.5 Å². The molecule has 0 saturated carbocycles. The van der Waals surface area contributed by atoms with E-state index in [1.54, 1.807) is 0 Å². The SMILES string of the molecule is CCNC(C)c1ccnc(Sc2n[nH]c(C)n2)c1. The molecule has 96 valence electrons. The second-order valence-electron chi connectivity index (χ2n) is 4.01. The van der Waals surface area contributed by atoms with E-state index in [1.165, 1.54) is 17.3 Å². The molecule has 6 heteroatoms. The van der Waals surface area contributed by atoms with Crippen LogP contribution in [0.5, 0.6) is 0 Å². The molecular formula is C12H17N5S. The number of aromatic amines is 1. The molecule has 0 radical (unpaired) electrons. The standard InChI is InChI=1S/C12H17N5S/c1-4-13-8(2)10-5-6-14-11(7-10)18-12-15-9(3)16-17-12/h5-8,13H,4H2,1-3H3,(H,15,16,17). The lowest BCUT2D eigenvalue weighted by Crippen LogP contribution is -2.17. The average Bonchev–Trinajstić information content (AvgIpc) is 2.75. The lowest BCUT2D eigenvalue weighted by atomic mass is 10.1. The van der Waals surface area contributed by atoms with Crippen molar-refractivity contribution in [3.05, 3.63) is 29.7 Å². The van der Waals surface area contributed by atoms with E-state index >= 15 is 0 Å². The van der Waals surface area contributed by atoms with E-state index in [0.29, 0.717) is 11.2 Å². The Labute approximate surface area is 111 Å². The van der Waals surface area contributed by atoms with Crippen molar-refractivity contribution >= 4 is 11.8 Å². The predicted molar refractivity (Wildman–Crippen MR) is 71.6 cm³/mol. The van der Waals surface area contributed by atoms with Crippen LogP contribution in [0, 0.1) is 6.92 Å². The zero-order valence-corrected chi connectivity index (χ0v) is 11.6. The smallest absolute Gasteiger partial charge is 0.214 e. The summed E-state index contributed by atoms with van der Waals surface area (Å²) < 4.78 is 0. The van der Waals surface area contributed by atoms with Gasteiger partial charge in [-0.25, -0.2) is 9.97 Å². The van der Waals surface area contributed by atoms with Gasteiger partial charge in [0, 0.05) is 12.2 Å². The maximum atomic E-state index is 4.33. The summed E-state index contributed by atoms with van der Waals surface area (Å²) in [5, 5.41) is 11.9. The number of pyridine rings is 1. The summed E-state index contributed by atoms with van der Waals surface area (Å²) in [7, 11) is 0. The molecule has 0 bridgehead atoms. The third kappa shape index (κ3) is 3.30. The highest BCUT2D eigenvalue weighted by Gasteiger charge is 2.08. The minimum atomic E-state index is 0.325. The molecule has 2 aromatic rings. The molecule has 5 nitrogen and oxygen atoms in total. The van der Waals surface area contributed by atoms with Crippen LogP contribution in [0.3, 0.4) is 0 Å². The summed E-state index contributed by atoms with van der Waals surface area (Å²) in [6.45, 7) is 7.08. The van der Waals surface area contributed by atoms with E-state index in [2.05, 4.69) is 45.4 Å². The van der Waals surface area contributed by atoms with Gasteiger partial charge in [-0.2, -0.15) is 0 Å². The molecule has 0 aliphatic rings. The highest BCUT2D eigenvalue weighted by molar-refractivity contribution is 7.99. The van der Waals surface area contributed by atoms with Crippen molar-refractivity contribution in [2.24, 2.45) is 0 Å². The van der Waals surface area contributed by atoms with Crippen LogP contribution in [0.15, 0.2) is 28.5 Å². The van der Waals surface area contributed by atoms with Crippen molar-refractivity contribution in [2.45, 2.75) is 37.0 Å². The van der Waals surface area contributed by atoms with Gasteiger partial charge in [0.15, 0.2) is 0 Å². The fourth-order valence-electron chi connectivity index (χ4n) is 1.64. The highest BCUT2D eigenvalue weighted by atomic mass is 32.2. The monoisotopic (exact) mass is 263 g/mol. The van der Waals surface area contributed by atoms with E-state index in [0.717, 1.165) is 17.4 Å². The summed E-state index contributed by atoms with van der Waals surface area (Å²) in [5.74, 6) is 0.815. The van der Waals surface area contributed by atoms with Crippen LogP contribution in [-0.4, -0.2) is 26.7 Å². The molecule has 0 amide bonds. The van der Waals surface area contributed by atoms with Crippen LogP contribution in [0.25, 0.3) is 0 Å². The Morgan fingerprint density at radius 3 is 3.00 bits per heavy atom. The normalized spacial score (nSPS) is 12.6. The first-order valence-corrected chi connectivity index (χ1v) is 6.77. The molecule has 2 N–H and O–H groups in total. The molecule has 0 fully saturated rings. The van der Waals surface area contributed by atoms with Gasteiger partial charge >= 0.3 is 0 Å². The van der Waals surface area contributed by atoms with Crippen LogP contribution in [-0.2, 0) is 0 Å². The first-order valence-electron chi connectivity index (χ1n) is 5.95. The van der Waals surface area contributed by atoms with Gasteiger partial charge in [-0.15, -0.1) is 5.10 Å². The fraction of sp³-hybridized carbons (Fsp3) is 0.417.